The summed E-state index contributed by atoms with van der Waals surface area (Å²) < 4.78 is 28.0. The van der Waals surface area contributed by atoms with Gasteiger partial charge in [-0.15, -0.1) is 11.8 Å². The van der Waals surface area contributed by atoms with Gasteiger partial charge >= 0.3 is 0 Å². The highest BCUT2D eigenvalue weighted by Gasteiger charge is 2.32. The Labute approximate surface area is 195 Å². The number of nitrogens with one attached hydrogen (secondary N) is 1. The Morgan fingerprint density at radius 1 is 1.12 bits per heavy atom. The number of piperidine rings is 1. The van der Waals surface area contributed by atoms with E-state index in [-0.39, 0.29) is 35.0 Å². The molecule has 0 aromatic heterocycles. The van der Waals surface area contributed by atoms with Gasteiger partial charge in [-0.2, -0.15) is 4.31 Å². The summed E-state index contributed by atoms with van der Waals surface area (Å²) in [6.45, 7) is 5.24. The van der Waals surface area contributed by atoms with Crippen LogP contribution < -0.4 is 10.2 Å². The Balaban J connectivity index is 1.54. The lowest BCUT2D eigenvalue weighted by Crippen LogP contribution is -2.48. The highest BCUT2D eigenvalue weighted by Crippen LogP contribution is 2.38. The van der Waals surface area contributed by atoms with Gasteiger partial charge < -0.3 is 10.2 Å². The van der Waals surface area contributed by atoms with Crippen LogP contribution in [-0.4, -0.2) is 56.0 Å². The largest absolute Gasteiger partial charge is 0.352 e. The van der Waals surface area contributed by atoms with Gasteiger partial charge in [0.05, 0.1) is 16.3 Å². The van der Waals surface area contributed by atoms with Crippen molar-refractivity contribution >= 4 is 39.3 Å². The average Bonchev–Trinajstić information content (AvgIpc) is 2.77. The number of hydrogen-bond donors (Lipinski definition) is 1. The molecule has 1 N–H and O–H groups in total. The fraction of sp³-hybridized carbons (Fsp3) is 0.652. The quantitative estimate of drug-likeness (QED) is 0.701. The molecule has 32 heavy (non-hydrogen) atoms. The number of rotatable bonds is 5. The predicted octanol–water partition coefficient (Wildman–Crippen LogP) is 3.24. The van der Waals surface area contributed by atoms with Gasteiger partial charge in [0.25, 0.3) is 0 Å². The molecule has 1 aliphatic carbocycles. The number of nitrogens with zero attached hydrogens (tertiary/aromatic N) is 2. The third kappa shape index (κ3) is 4.99. The maximum absolute atomic E-state index is 13.2. The second-order valence-electron chi connectivity index (χ2n) is 9.42. The molecular formula is C23H33N3O4S2. The van der Waals surface area contributed by atoms with Gasteiger partial charge in [-0.1, -0.05) is 26.7 Å². The summed E-state index contributed by atoms with van der Waals surface area (Å²) in [5.74, 6) is 0.844. The SMILES string of the molecule is CC1CCN(S(=O)(=O)c2ccc3c(c2)N(CC(=O)N[C@@H]2CCCC[C@H]2C)C(=O)CS3)CC1. The number of sulfonamides is 1. The highest BCUT2D eigenvalue weighted by atomic mass is 32.2. The Morgan fingerprint density at radius 2 is 1.84 bits per heavy atom. The van der Waals surface area contributed by atoms with Crippen LogP contribution in [0.4, 0.5) is 5.69 Å². The van der Waals surface area contributed by atoms with E-state index >= 15 is 0 Å². The maximum atomic E-state index is 13.2. The van der Waals surface area contributed by atoms with Crippen molar-refractivity contribution in [1.29, 1.82) is 0 Å². The van der Waals surface area contributed by atoms with Gasteiger partial charge in [-0.3, -0.25) is 9.59 Å². The molecule has 4 rings (SSSR count). The molecule has 0 spiro atoms. The van der Waals surface area contributed by atoms with E-state index < -0.39 is 10.0 Å². The lowest BCUT2D eigenvalue weighted by Gasteiger charge is -2.33. The van der Waals surface area contributed by atoms with E-state index in [2.05, 4.69) is 19.2 Å². The summed E-state index contributed by atoms with van der Waals surface area (Å²) in [7, 11) is -3.63. The average molecular weight is 480 g/mol. The molecule has 176 valence electrons. The molecule has 2 atom stereocenters. The van der Waals surface area contributed by atoms with Gasteiger partial charge in [0, 0.05) is 24.0 Å². The lowest BCUT2D eigenvalue weighted by molar-refractivity contribution is -0.123. The topological polar surface area (TPSA) is 86.8 Å². The fourth-order valence-electron chi connectivity index (χ4n) is 4.82. The minimum absolute atomic E-state index is 0.0830. The predicted molar refractivity (Wildman–Crippen MR) is 126 cm³/mol. The molecule has 0 bridgehead atoms. The Hall–Kier alpha value is -1.58. The van der Waals surface area contributed by atoms with Crippen LogP contribution in [0.3, 0.4) is 0 Å². The second kappa shape index (κ2) is 9.73. The first kappa shape index (κ1) is 23.6. The molecule has 1 saturated heterocycles. The van der Waals surface area contributed by atoms with E-state index in [1.54, 1.807) is 18.2 Å². The lowest BCUT2D eigenvalue weighted by atomic mass is 9.86. The minimum atomic E-state index is -3.63. The van der Waals surface area contributed by atoms with E-state index in [4.69, 9.17) is 0 Å². The van der Waals surface area contributed by atoms with Gasteiger partial charge in [0.1, 0.15) is 6.54 Å². The number of fused-ring (bicyclic) bond motifs is 1. The number of benzene rings is 1. The van der Waals surface area contributed by atoms with Crippen LogP contribution in [0.5, 0.6) is 0 Å². The van der Waals surface area contributed by atoms with Crippen molar-refractivity contribution < 1.29 is 18.0 Å². The van der Waals surface area contributed by atoms with E-state index in [9.17, 15) is 18.0 Å². The number of carbonyl (C=O) groups is 2. The molecule has 2 amide bonds. The standard InChI is InChI=1S/C23H33N3O4S2/c1-16-9-11-25(12-10-16)32(29,30)18-7-8-21-20(13-18)26(23(28)15-31-21)14-22(27)24-19-6-4-3-5-17(19)2/h7-8,13,16-17,19H,3-6,9-12,14-15H2,1-2H3,(H,24,27)/t17-,19-/m1/s1. The molecule has 1 aromatic rings. The van der Waals surface area contributed by atoms with Crippen LogP contribution in [0.1, 0.15) is 52.4 Å². The monoisotopic (exact) mass is 479 g/mol. The number of carbonyl (C=O) groups excluding carboxylic acids is 2. The first-order chi connectivity index (χ1) is 15.3. The molecule has 7 nitrogen and oxygen atoms in total. The minimum Gasteiger partial charge on any atom is -0.352 e. The summed E-state index contributed by atoms with van der Waals surface area (Å²) in [5.41, 5.74) is 0.518. The van der Waals surface area contributed by atoms with E-state index in [1.807, 2.05) is 0 Å². The number of hydrogen-bond acceptors (Lipinski definition) is 5. The Kier molecular flexibility index (Phi) is 7.17. The van der Waals surface area contributed by atoms with Gasteiger partial charge in [0.15, 0.2) is 0 Å². The molecular weight excluding hydrogens is 446 g/mol. The third-order valence-electron chi connectivity index (χ3n) is 7.01. The van der Waals surface area contributed by atoms with Crippen molar-refractivity contribution in [3.63, 3.8) is 0 Å². The van der Waals surface area contributed by atoms with Crippen molar-refractivity contribution in [3.8, 4) is 0 Å². The number of thioether (sulfide) groups is 1. The molecule has 2 aliphatic heterocycles. The summed E-state index contributed by atoms with van der Waals surface area (Å²) >= 11 is 1.39. The zero-order valence-electron chi connectivity index (χ0n) is 18.9. The molecule has 0 unspecified atom stereocenters. The molecule has 3 aliphatic rings. The summed E-state index contributed by atoms with van der Waals surface area (Å²) in [5, 5.41) is 3.10. The summed E-state index contributed by atoms with van der Waals surface area (Å²) in [4.78, 5) is 28.0. The van der Waals surface area contributed by atoms with Gasteiger partial charge in [0.2, 0.25) is 21.8 Å². The van der Waals surface area contributed by atoms with Crippen molar-refractivity contribution in [2.75, 3.05) is 30.3 Å². The molecule has 9 heteroatoms. The first-order valence-electron chi connectivity index (χ1n) is 11.6. The molecule has 1 aromatic carbocycles. The van der Waals surface area contributed by atoms with Crippen LogP contribution in [0.25, 0.3) is 0 Å². The fourth-order valence-corrected chi connectivity index (χ4v) is 7.22. The first-order valence-corrected chi connectivity index (χ1v) is 14.0. The van der Waals surface area contributed by atoms with Crippen LogP contribution >= 0.6 is 11.8 Å². The second-order valence-corrected chi connectivity index (χ2v) is 12.4. The van der Waals surface area contributed by atoms with Crippen LogP contribution in [-0.2, 0) is 19.6 Å². The molecule has 1 saturated carbocycles. The Morgan fingerprint density at radius 3 is 2.56 bits per heavy atom. The highest BCUT2D eigenvalue weighted by molar-refractivity contribution is 8.00. The summed E-state index contributed by atoms with van der Waals surface area (Å²) in [6, 6.07) is 5.10. The zero-order valence-corrected chi connectivity index (χ0v) is 20.5. The van der Waals surface area contributed by atoms with E-state index in [0.717, 1.165) is 37.0 Å². The molecule has 2 fully saturated rings. The third-order valence-corrected chi connectivity index (χ3v) is 9.96. The maximum Gasteiger partial charge on any atom is 0.243 e. The number of amides is 2. The van der Waals surface area contributed by atoms with Crippen LogP contribution in [0, 0.1) is 11.8 Å². The smallest absolute Gasteiger partial charge is 0.243 e. The van der Waals surface area contributed by atoms with E-state index in [0.29, 0.717) is 30.6 Å². The van der Waals surface area contributed by atoms with Gasteiger partial charge in [-0.25, -0.2) is 8.42 Å². The van der Waals surface area contributed by atoms with Crippen LogP contribution in [0.2, 0.25) is 0 Å². The van der Waals surface area contributed by atoms with E-state index in [1.165, 1.54) is 27.4 Å². The van der Waals surface area contributed by atoms with Crippen molar-refractivity contribution in [2.45, 2.75) is 68.2 Å². The van der Waals surface area contributed by atoms with Crippen molar-refractivity contribution in [2.24, 2.45) is 11.8 Å². The molecule has 2 heterocycles. The summed E-state index contributed by atoms with van der Waals surface area (Å²) in [6.07, 6.45) is 6.06. The van der Waals surface area contributed by atoms with Crippen LogP contribution in [0.15, 0.2) is 28.0 Å². The Bertz CT molecular complexity index is 973. The van der Waals surface area contributed by atoms with Crippen molar-refractivity contribution in [3.05, 3.63) is 18.2 Å². The van der Waals surface area contributed by atoms with Gasteiger partial charge in [-0.05, 0) is 55.7 Å². The normalized spacial score (nSPS) is 25.4. The zero-order chi connectivity index (χ0) is 22.9. The van der Waals surface area contributed by atoms with Crippen molar-refractivity contribution in [1.82, 2.24) is 9.62 Å². The molecule has 0 radical (unpaired) electrons. The number of anilines is 1.